The number of carbonyl (C=O) groups excluding carboxylic acids is 1. The molecule has 1 N–H and O–H groups in total. The Kier molecular flexibility index (Phi) is 5.23. The predicted octanol–water partition coefficient (Wildman–Crippen LogP) is 3.88. The van der Waals surface area contributed by atoms with Gasteiger partial charge in [-0.15, -0.1) is 0 Å². The van der Waals surface area contributed by atoms with Crippen LogP contribution in [0.3, 0.4) is 0 Å². The van der Waals surface area contributed by atoms with Gasteiger partial charge in [0.2, 0.25) is 0 Å². The molecule has 1 amide bonds. The second-order valence-electron chi connectivity index (χ2n) is 4.87. The summed E-state index contributed by atoms with van der Waals surface area (Å²) < 4.78 is 5.07. The highest BCUT2D eigenvalue weighted by Gasteiger charge is 2.11. The second kappa shape index (κ2) is 7.14. The molecule has 0 aromatic heterocycles. The second-order valence-corrected chi connectivity index (χ2v) is 5.28. The van der Waals surface area contributed by atoms with Gasteiger partial charge in [-0.05, 0) is 29.7 Å². The maximum atomic E-state index is 12.1. The average molecular weight is 304 g/mol. The van der Waals surface area contributed by atoms with Gasteiger partial charge >= 0.3 is 0 Å². The van der Waals surface area contributed by atoms with Crippen molar-refractivity contribution >= 4 is 17.5 Å². The van der Waals surface area contributed by atoms with E-state index in [0.29, 0.717) is 22.9 Å². The molecule has 21 heavy (non-hydrogen) atoms. The van der Waals surface area contributed by atoms with Crippen LogP contribution in [-0.4, -0.2) is 19.6 Å². The molecule has 2 rings (SSSR count). The summed E-state index contributed by atoms with van der Waals surface area (Å²) in [6, 6.07) is 15.1. The van der Waals surface area contributed by atoms with Crippen molar-refractivity contribution in [3.05, 3.63) is 64.7 Å². The Balaban J connectivity index is 1.97. The first-order valence-corrected chi connectivity index (χ1v) is 7.16. The average Bonchev–Trinajstić information content (AvgIpc) is 2.53. The molecule has 2 aromatic rings. The van der Waals surface area contributed by atoms with Gasteiger partial charge in [-0.3, -0.25) is 4.79 Å². The smallest absolute Gasteiger partial charge is 0.251 e. The molecule has 110 valence electrons. The van der Waals surface area contributed by atoms with E-state index >= 15 is 0 Å². The molecule has 0 fully saturated rings. The van der Waals surface area contributed by atoms with Crippen molar-refractivity contribution in [2.24, 2.45) is 0 Å². The molecule has 0 aliphatic heterocycles. The van der Waals surface area contributed by atoms with Crippen molar-refractivity contribution < 1.29 is 9.53 Å². The van der Waals surface area contributed by atoms with Gasteiger partial charge < -0.3 is 10.1 Å². The molecule has 0 unspecified atom stereocenters. The molecule has 0 spiro atoms. The molecule has 3 nitrogen and oxygen atoms in total. The van der Waals surface area contributed by atoms with Gasteiger partial charge in [-0.2, -0.15) is 0 Å². The van der Waals surface area contributed by atoms with Crippen LogP contribution >= 0.6 is 11.6 Å². The minimum absolute atomic E-state index is 0.137. The van der Waals surface area contributed by atoms with E-state index < -0.39 is 0 Å². The molecule has 0 aliphatic carbocycles. The maximum absolute atomic E-state index is 12.1. The number of amides is 1. The molecule has 0 heterocycles. The van der Waals surface area contributed by atoms with Gasteiger partial charge in [-0.1, -0.05) is 48.9 Å². The van der Waals surface area contributed by atoms with Gasteiger partial charge in [0.05, 0.1) is 12.1 Å². The highest BCUT2D eigenvalue weighted by molar-refractivity contribution is 6.32. The van der Waals surface area contributed by atoms with E-state index in [9.17, 15) is 4.79 Å². The summed E-state index contributed by atoms with van der Waals surface area (Å²) in [5, 5.41) is 3.36. The van der Waals surface area contributed by atoms with Crippen LogP contribution in [0.15, 0.2) is 48.5 Å². The Labute approximate surface area is 129 Å². The van der Waals surface area contributed by atoms with E-state index in [1.165, 1.54) is 5.56 Å². The third-order valence-electron chi connectivity index (χ3n) is 3.35. The topological polar surface area (TPSA) is 38.3 Å². The minimum Gasteiger partial charge on any atom is -0.495 e. The Bertz CT molecular complexity index is 613. The van der Waals surface area contributed by atoms with Crippen LogP contribution in [0, 0.1) is 0 Å². The molecule has 0 aliphatic rings. The van der Waals surface area contributed by atoms with Crippen LogP contribution in [0.5, 0.6) is 5.75 Å². The van der Waals surface area contributed by atoms with Gasteiger partial charge in [-0.25, -0.2) is 0 Å². The maximum Gasteiger partial charge on any atom is 0.251 e. The number of methoxy groups -OCH3 is 1. The normalized spacial score (nSPS) is 11.8. The molecule has 0 bridgehead atoms. The van der Waals surface area contributed by atoms with Crippen LogP contribution in [0.2, 0.25) is 5.02 Å². The molecule has 4 heteroatoms. The van der Waals surface area contributed by atoms with E-state index in [4.69, 9.17) is 16.3 Å². The number of hydrogen-bond acceptors (Lipinski definition) is 2. The van der Waals surface area contributed by atoms with Crippen LogP contribution in [0.1, 0.15) is 28.8 Å². The third-order valence-corrected chi connectivity index (χ3v) is 3.65. The largest absolute Gasteiger partial charge is 0.495 e. The number of ether oxygens (including phenoxy) is 1. The van der Waals surface area contributed by atoms with Crippen molar-refractivity contribution in [2.45, 2.75) is 12.8 Å². The number of rotatable bonds is 5. The number of carbonyl (C=O) groups is 1. The van der Waals surface area contributed by atoms with Crippen molar-refractivity contribution in [2.75, 3.05) is 13.7 Å². The zero-order valence-corrected chi connectivity index (χ0v) is 12.9. The van der Waals surface area contributed by atoms with Crippen molar-refractivity contribution in [1.82, 2.24) is 5.32 Å². The van der Waals surface area contributed by atoms with Crippen LogP contribution in [0.4, 0.5) is 0 Å². The standard InChI is InChI=1S/C17H18ClNO2/c1-12(13-6-4-3-5-7-13)11-19-17(20)14-8-9-16(21-2)15(18)10-14/h3-10,12H,11H2,1-2H3,(H,19,20)/t12-/m1/s1. The summed E-state index contributed by atoms with van der Waals surface area (Å²) in [6.07, 6.45) is 0. The van der Waals surface area contributed by atoms with Gasteiger partial charge in [0.15, 0.2) is 0 Å². The van der Waals surface area contributed by atoms with Crippen molar-refractivity contribution in [3.63, 3.8) is 0 Å². The summed E-state index contributed by atoms with van der Waals surface area (Å²) in [5.41, 5.74) is 1.73. The first-order chi connectivity index (χ1) is 10.1. The summed E-state index contributed by atoms with van der Waals surface area (Å²) in [4.78, 5) is 12.1. The fraction of sp³-hybridized carbons (Fsp3) is 0.235. The summed E-state index contributed by atoms with van der Waals surface area (Å²) in [6.45, 7) is 2.66. The molecule has 0 saturated heterocycles. The van der Waals surface area contributed by atoms with Crippen molar-refractivity contribution in [1.29, 1.82) is 0 Å². The van der Waals surface area contributed by atoms with E-state index in [-0.39, 0.29) is 11.8 Å². The first kappa shape index (κ1) is 15.4. The zero-order chi connectivity index (χ0) is 15.2. The minimum atomic E-state index is -0.137. The highest BCUT2D eigenvalue weighted by atomic mass is 35.5. The van der Waals surface area contributed by atoms with Crippen LogP contribution in [-0.2, 0) is 0 Å². The molecular formula is C17H18ClNO2. The monoisotopic (exact) mass is 303 g/mol. The predicted molar refractivity (Wildman–Crippen MR) is 85.2 cm³/mol. The van der Waals surface area contributed by atoms with E-state index in [0.717, 1.165) is 0 Å². The lowest BCUT2D eigenvalue weighted by Gasteiger charge is -2.13. The highest BCUT2D eigenvalue weighted by Crippen LogP contribution is 2.24. The lowest BCUT2D eigenvalue weighted by Crippen LogP contribution is -2.27. The Hall–Kier alpha value is -2.00. The lowest BCUT2D eigenvalue weighted by atomic mass is 10.0. The van der Waals surface area contributed by atoms with Gasteiger partial charge in [0, 0.05) is 12.1 Å². The number of benzene rings is 2. The van der Waals surface area contributed by atoms with E-state index in [1.807, 2.05) is 18.2 Å². The fourth-order valence-electron chi connectivity index (χ4n) is 2.05. The van der Waals surface area contributed by atoms with Gasteiger partial charge in [0.25, 0.3) is 5.91 Å². The quantitative estimate of drug-likeness (QED) is 0.910. The molecule has 2 aromatic carbocycles. The SMILES string of the molecule is COc1ccc(C(=O)NC[C@@H](C)c2ccccc2)cc1Cl. The summed E-state index contributed by atoms with van der Waals surface area (Å²) in [5.74, 6) is 0.678. The Morgan fingerprint density at radius 3 is 2.57 bits per heavy atom. The molecule has 0 radical (unpaired) electrons. The Morgan fingerprint density at radius 2 is 1.95 bits per heavy atom. The number of halogens is 1. The Morgan fingerprint density at radius 1 is 1.24 bits per heavy atom. The number of hydrogen-bond donors (Lipinski definition) is 1. The van der Waals surface area contributed by atoms with Crippen LogP contribution in [0.25, 0.3) is 0 Å². The molecule has 1 atom stereocenters. The van der Waals surface area contributed by atoms with Crippen LogP contribution < -0.4 is 10.1 Å². The summed E-state index contributed by atoms with van der Waals surface area (Å²) in [7, 11) is 1.54. The fourth-order valence-corrected chi connectivity index (χ4v) is 2.31. The zero-order valence-electron chi connectivity index (χ0n) is 12.1. The lowest BCUT2D eigenvalue weighted by molar-refractivity contribution is 0.0951. The first-order valence-electron chi connectivity index (χ1n) is 6.78. The molecule has 0 saturated carbocycles. The van der Waals surface area contributed by atoms with Crippen molar-refractivity contribution in [3.8, 4) is 5.75 Å². The third kappa shape index (κ3) is 3.99. The van der Waals surface area contributed by atoms with E-state index in [1.54, 1.807) is 25.3 Å². The number of nitrogens with one attached hydrogen (secondary N) is 1. The van der Waals surface area contributed by atoms with E-state index in [2.05, 4.69) is 24.4 Å². The van der Waals surface area contributed by atoms with Gasteiger partial charge in [0.1, 0.15) is 5.75 Å². The summed E-state index contributed by atoms with van der Waals surface area (Å²) >= 11 is 6.03. The molecular weight excluding hydrogens is 286 g/mol.